The first-order valence-electron chi connectivity index (χ1n) is 8.21. The smallest absolute Gasteiger partial charge is 0.263 e. The van der Waals surface area contributed by atoms with Crippen molar-refractivity contribution in [3.8, 4) is 22.9 Å². The first kappa shape index (κ1) is 17.0. The van der Waals surface area contributed by atoms with Gasteiger partial charge in [0.05, 0.1) is 6.10 Å². The van der Waals surface area contributed by atoms with E-state index in [-0.39, 0.29) is 17.6 Å². The molecule has 1 unspecified atom stereocenters. The Labute approximate surface area is 145 Å². The van der Waals surface area contributed by atoms with E-state index in [1.54, 1.807) is 30.1 Å². The molecule has 1 aliphatic heterocycles. The predicted molar refractivity (Wildman–Crippen MR) is 92.7 cm³/mol. The molecule has 3 rings (SSSR count). The number of benzene rings is 1. The number of amides is 1. The number of rotatable bonds is 5. The Morgan fingerprint density at radius 1 is 1.24 bits per heavy atom. The Morgan fingerprint density at radius 3 is 2.64 bits per heavy atom. The van der Waals surface area contributed by atoms with Crippen LogP contribution in [-0.4, -0.2) is 46.6 Å². The Kier molecular flexibility index (Phi) is 4.74. The molecule has 0 radical (unpaired) electrons. The lowest BCUT2D eigenvalue weighted by molar-refractivity contribution is -0.132. The lowest BCUT2D eigenvalue weighted by atomic mass is 10.1. The van der Waals surface area contributed by atoms with Crippen LogP contribution in [0.2, 0.25) is 0 Å². The fourth-order valence-corrected chi connectivity index (χ4v) is 2.70. The molecule has 132 valence electrons. The number of nitrogens with one attached hydrogen (secondary N) is 1. The molecule has 2 aromatic rings. The summed E-state index contributed by atoms with van der Waals surface area (Å²) in [6, 6.07) is 6.63. The number of likely N-dealkylation sites (N-methyl/N-ethyl adjacent to an activating group) is 1. The van der Waals surface area contributed by atoms with Gasteiger partial charge in [-0.1, -0.05) is 0 Å². The normalized spacial score (nSPS) is 17.2. The standard InChI is InChI=1S/C18H21N3O4/c1-11(2)24-13-8-12(17-19-6-4-16(22)20-17)9-14(10-13)25-15-5-7-21(3)18(15)23/h4,6,8-11,15H,5,7H2,1-3H3,(H,19,20,22). The van der Waals surface area contributed by atoms with Crippen molar-refractivity contribution in [2.75, 3.05) is 13.6 Å². The molecule has 7 heteroatoms. The van der Waals surface area contributed by atoms with E-state index < -0.39 is 6.10 Å². The highest BCUT2D eigenvalue weighted by Gasteiger charge is 2.31. The highest BCUT2D eigenvalue weighted by Crippen LogP contribution is 2.30. The largest absolute Gasteiger partial charge is 0.491 e. The van der Waals surface area contributed by atoms with E-state index in [1.807, 2.05) is 13.8 Å². The minimum Gasteiger partial charge on any atom is -0.491 e. The van der Waals surface area contributed by atoms with Gasteiger partial charge in [0.15, 0.2) is 6.10 Å². The summed E-state index contributed by atoms with van der Waals surface area (Å²) in [4.78, 5) is 32.2. The molecular weight excluding hydrogens is 322 g/mol. The van der Waals surface area contributed by atoms with Crippen LogP contribution in [0.3, 0.4) is 0 Å². The van der Waals surface area contributed by atoms with Crippen LogP contribution in [0.4, 0.5) is 0 Å². The van der Waals surface area contributed by atoms with Gasteiger partial charge in [-0.25, -0.2) is 4.98 Å². The molecule has 1 aliphatic rings. The first-order chi connectivity index (χ1) is 11.9. The second-order valence-electron chi connectivity index (χ2n) is 6.30. The number of H-pyrrole nitrogens is 1. The van der Waals surface area contributed by atoms with Crippen LogP contribution in [0.15, 0.2) is 35.3 Å². The zero-order valence-electron chi connectivity index (χ0n) is 14.5. The number of hydrogen-bond acceptors (Lipinski definition) is 5. The van der Waals surface area contributed by atoms with Gasteiger partial charge < -0.3 is 19.4 Å². The molecule has 1 atom stereocenters. The molecule has 0 saturated carbocycles. The molecular formula is C18H21N3O4. The monoisotopic (exact) mass is 343 g/mol. The van der Waals surface area contributed by atoms with Crippen LogP contribution in [0.1, 0.15) is 20.3 Å². The molecule has 1 saturated heterocycles. The molecule has 1 N–H and O–H groups in total. The Bertz CT molecular complexity index is 831. The molecule has 1 fully saturated rings. The van der Waals surface area contributed by atoms with Crippen molar-refractivity contribution in [3.05, 3.63) is 40.8 Å². The second-order valence-corrected chi connectivity index (χ2v) is 6.30. The summed E-state index contributed by atoms with van der Waals surface area (Å²) in [5.41, 5.74) is 0.417. The van der Waals surface area contributed by atoms with Crippen molar-refractivity contribution in [2.45, 2.75) is 32.5 Å². The number of aromatic nitrogens is 2. The molecule has 7 nitrogen and oxygen atoms in total. The summed E-state index contributed by atoms with van der Waals surface area (Å²) in [5, 5.41) is 0. The maximum atomic E-state index is 12.1. The molecule has 1 aromatic carbocycles. The average molecular weight is 343 g/mol. The number of carbonyl (C=O) groups is 1. The molecule has 2 heterocycles. The van der Waals surface area contributed by atoms with Gasteiger partial charge in [0, 0.05) is 43.9 Å². The van der Waals surface area contributed by atoms with Crippen LogP contribution in [0.5, 0.6) is 11.5 Å². The topological polar surface area (TPSA) is 84.5 Å². The number of ether oxygens (including phenoxy) is 2. The lowest BCUT2D eigenvalue weighted by Gasteiger charge is -2.16. The molecule has 25 heavy (non-hydrogen) atoms. The molecule has 0 bridgehead atoms. The minimum absolute atomic E-state index is 0.0230. The second kappa shape index (κ2) is 6.96. The molecule has 0 spiro atoms. The Balaban J connectivity index is 1.95. The van der Waals surface area contributed by atoms with Crippen LogP contribution in [0.25, 0.3) is 11.4 Å². The fraction of sp³-hybridized carbons (Fsp3) is 0.389. The quantitative estimate of drug-likeness (QED) is 0.895. The number of likely N-dealkylation sites (tertiary alicyclic amines) is 1. The van der Waals surface area contributed by atoms with E-state index in [0.717, 1.165) is 0 Å². The summed E-state index contributed by atoms with van der Waals surface area (Å²) in [7, 11) is 1.76. The van der Waals surface area contributed by atoms with Crippen molar-refractivity contribution >= 4 is 5.91 Å². The zero-order valence-corrected chi connectivity index (χ0v) is 14.5. The summed E-state index contributed by atoms with van der Waals surface area (Å²) < 4.78 is 11.6. The van der Waals surface area contributed by atoms with E-state index in [0.29, 0.717) is 35.9 Å². The van der Waals surface area contributed by atoms with Crippen LogP contribution >= 0.6 is 0 Å². The van der Waals surface area contributed by atoms with Gasteiger partial charge in [0.1, 0.15) is 17.3 Å². The Morgan fingerprint density at radius 2 is 2.00 bits per heavy atom. The average Bonchev–Trinajstić information content (AvgIpc) is 2.86. The summed E-state index contributed by atoms with van der Waals surface area (Å²) >= 11 is 0. The van der Waals surface area contributed by atoms with Crippen molar-refractivity contribution < 1.29 is 14.3 Å². The van der Waals surface area contributed by atoms with Gasteiger partial charge in [-0.05, 0) is 26.0 Å². The molecule has 1 aromatic heterocycles. The number of aromatic amines is 1. The van der Waals surface area contributed by atoms with Crippen LogP contribution < -0.4 is 15.0 Å². The highest BCUT2D eigenvalue weighted by molar-refractivity contribution is 5.83. The molecule has 0 aliphatic carbocycles. The minimum atomic E-state index is -0.505. The van der Waals surface area contributed by atoms with Gasteiger partial charge in [0.2, 0.25) is 0 Å². The highest BCUT2D eigenvalue weighted by atomic mass is 16.5. The van der Waals surface area contributed by atoms with Gasteiger partial charge in [0.25, 0.3) is 11.5 Å². The van der Waals surface area contributed by atoms with Crippen molar-refractivity contribution in [3.63, 3.8) is 0 Å². The van der Waals surface area contributed by atoms with E-state index in [2.05, 4.69) is 9.97 Å². The number of carbonyl (C=O) groups excluding carboxylic acids is 1. The van der Waals surface area contributed by atoms with Crippen molar-refractivity contribution in [1.29, 1.82) is 0 Å². The lowest BCUT2D eigenvalue weighted by Crippen LogP contribution is -2.29. The number of hydrogen-bond donors (Lipinski definition) is 1. The van der Waals surface area contributed by atoms with E-state index in [4.69, 9.17) is 9.47 Å². The summed E-state index contributed by atoms with van der Waals surface area (Å²) in [6.45, 7) is 4.52. The fourth-order valence-electron chi connectivity index (χ4n) is 2.70. The van der Waals surface area contributed by atoms with Crippen molar-refractivity contribution in [1.82, 2.24) is 14.9 Å². The third kappa shape index (κ3) is 3.99. The van der Waals surface area contributed by atoms with Gasteiger partial charge in [-0.3, -0.25) is 9.59 Å². The van der Waals surface area contributed by atoms with Gasteiger partial charge in [-0.2, -0.15) is 0 Å². The maximum Gasteiger partial charge on any atom is 0.263 e. The summed E-state index contributed by atoms with van der Waals surface area (Å²) in [5.74, 6) is 1.48. The summed E-state index contributed by atoms with van der Waals surface area (Å²) in [6.07, 6.45) is 1.56. The Hall–Kier alpha value is -2.83. The SMILES string of the molecule is CC(C)Oc1cc(OC2CCN(C)C2=O)cc(-c2nccc(=O)[nH]2)c1. The van der Waals surface area contributed by atoms with E-state index in [9.17, 15) is 9.59 Å². The van der Waals surface area contributed by atoms with Gasteiger partial charge >= 0.3 is 0 Å². The third-order valence-corrected chi connectivity index (χ3v) is 3.85. The van der Waals surface area contributed by atoms with E-state index >= 15 is 0 Å². The maximum absolute atomic E-state index is 12.1. The third-order valence-electron chi connectivity index (χ3n) is 3.85. The first-order valence-corrected chi connectivity index (χ1v) is 8.21. The predicted octanol–water partition coefficient (Wildman–Crippen LogP) is 1.83. The van der Waals surface area contributed by atoms with E-state index in [1.165, 1.54) is 12.3 Å². The van der Waals surface area contributed by atoms with Crippen LogP contribution in [-0.2, 0) is 4.79 Å². The van der Waals surface area contributed by atoms with Crippen molar-refractivity contribution in [2.24, 2.45) is 0 Å². The number of nitrogens with zero attached hydrogens (tertiary/aromatic N) is 2. The van der Waals surface area contributed by atoms with Crippen LogP contribution in [0, 0.1) is 0 Å². The van der Waals surface area contributed by atoms with Gasteiger partial charge in [-0.15, -0.1) is 0 Å². The molecule has 1 amide bonds. The zero-order chi connectivity index (χ0) is 18.0.